The van der Waals surface area contributed by atoms with E-state index in [1.807, 2.05) is 148 Å². The van der Waals surface area contributed by atoms with Gasteiger partial charge in [0.25, 0.3) is 0 Å². The first-order valence-electron chi connectivity index (χ1n) is 24.0. The second kappa shape index (κ2) is 30.2. The molecule has 73 heavy (non-hydrogen) atoms. The van der Waals surface area contributed by atoms with Crippen LogP contribution in [-0.2, 0) is 35.4 Å². The van der Waals surface area contributed by atoms with Crippen molar-refractivity contribution in [3.63, 3.8) is 0 Å². The van der Waals surface area contributed by atoms with Crippen molar-refractivity contribution in [1.82, 2.24) is 29.9 Å². The number of aryl methyl sites for hydroxylation is 2. The van der Waals surface area contributed by atoms with Crippen molar-refractivity contribution in [2.24, 2.45) is 0 Å². The van der Waals surface area contributed by atoms with E-state index in [-0.39, 0.29) is 25.4 Å². The van der Waals surface area contributed by atoms with Crippen LogP contribution in [0, 0.1) is 18.3 Å². The number of hydrogen-bond acceptors (Lipinski definition) is 11. The average molecular weight is 1080 g/mol. The molecule has 372 valence electrons. The van der Waals surface area contributed by atoms with Gasteiger partial charge in [0.05, 0.1) is 34.2 Å². The molecule has 8 aromatic rings. The second-order valence-electron chi connectivity index (χ2n) is 16.2. The van der Waals surface area contributed by atoms with E-state index in [0.717, 1.165) is 76.2 Å². The summed E-state index contributed by atoms with van der Waals surface area (Å²) in [7, 11) is 0. The predicted molar refractivity (Wildman–Crippen MR) is 290 cm³/mol. The van der Waals surface area contributed by atoms with Gasteiger partial charge >= 0.3 is 5.97 Å². The predicted octanol–water partition coefficient (Wildman–Crippen LogP) is 13.5. The average Bonchev–Trinajstić information content (AvgIpc) is 3.43. The number of halogens is 1. The van der Waals surface area contributed by atoms with Gasteiger partial charge in [-0.2, -0.15) is 5.26 Å². The van der Waals surface area contributed by atoms with Gasteiger partial charge in [-0.15, -0.1) is 11.6 Å². The Labute approximate surface area is 447 Å². The Morgan fingerprint density at radius 2 is 1.16 bits per heavy atom. The molecule has 0 saturated carbocycles. The van der Waals surface area contributed by atoms with Gasteiger partial charge in [0, 0.05) is 105 Å². The van der Waals surface area contributed by atoms with Gasteiger partial charge in [-0.05, 0) is 148 Å². The van der Waals surface area contributed by atoms with E-state index in [9.17, 15) is 10.1 Å². The van der Waals surface area contributed by atoms with Crippen LogP contribution in [0.4, 0.5) is 5.69 Å². The molecule has 13 heteroatoms. The third-order valence-corrected chi connectivity index (χ3v) is 11.1. The number of benzene rings is 2. The van der Waals surface area contributed by atoms with Crippen LogP contribution in [0.15, 0.2) is 195 Å². The fraction of sp³-hybridized carbons (Fsp3) is 0.200. The van der Waals surface area contributed by atoms with Crippen molar-refractivity contribution >= 4 is 34.4 Å². The van der Waals surface area contributed by atoms with Crippen LogP contribution in [0.5, 0.6) is 5.75 Å². The maximum atomic E-state index is 12.9. The van der Waals surface area contributed by atoms with Gasteiger partial charge in [-0.3, -0.25) is 34.7 Å². The SMILES string of the molecule is CCCl.CCN(CC)c1ccc2c(c1)O/C(=C(/C#N)c1ccnc(-c3cc(C)ccn3)c1)C=C2C(C)OC(=O)CCCc1ccccc1.[Ru].c1ccc(-c2ccccn2)nc1.c1ccc(-c2ccccn2)nc1. The summed E-state index contributed by atoms with van der Waals surface area (Å²) in [5.41, 5.74) is 10.9. The summed E-state index contributed by atoms with van der Waals surface area (Å²) in [5, 5.41) is 10.4. The number of carbonyl (C=O) groups is 1. The first kappa shape index (κ1) is 56.2. The zero-order valence-corrected chi connectivity index (χ0v) is 44.2. The van der Waals surface area contributed by atoms with Crippen LogP contribution < -0.4 is 9.64 Å². The van der Waals surface area contributed by atoms with Crippen molar-refractivity contribution in [3.8, 4) is 46.0 Å². The Hall–Kier alpha value is -7.71. The Morgan fingerprint density at radius 1 is 0.658 bits per heavy atom. The van der Waals surface area contributed by atoms with Crippen molar-refractivity contribution < 1.29 is 33.7 Å². The van der Waals surface area contributed by atoms with Crippen LogP contribution >= 0.6 is 11.6 Å². The molecule has 1 aliphatic rings. The van der Waals surface area contributed by atoms with E-state index in [2.05, 4.69) is 72.9 Å². The second-order valence-corrected chi connectivity index (χ2v) is 16.7. The van der Waals surface area contributed by atoms with E-state index in [1.165, 1.54) is 5.56 Å². The van der Waals surface area contributed by atoms with E-state index in [4.69, 9.17) is 21.1 Å². The molecule has 7 heterocycles. The molecule has 11 nitrogen and oxygen atoms in total. The number of allylic oxidation sites excluding steroid dienone is 2. The molecule has 0 N–H and O–H groups in total. The summed E-state index contributed by atoms with van der Waals surface area (Å²) >= 11 is 5.00. The Morgan fingerprint density at radius 3 is 1.66 bits per heavy atom. The number of ether oxygens (including phenoxy) is 2. The summed E-state index contributed by atoms with van der Waals surface area (Å²) in [6.07, 6.45) is 13.6. The van der Waals surface area contributed by atoms with Crippen molar-refractivity contribution in [2.45, 2.75) is 60.0 Å². The Balaban J connectivity index is 0.000000283. The largest absolute Gasteiger partial charge is 0.458 e. The van der Waals surface area contributed by atoms with Crippen molar-refractivity contribution in [2.75, 3.05) is 23.9 Å². The van der Waals surface area contributed by atoms with Crippen molar-refractivity contribution in [1.29, 1.82) is 5.26 Å². The van der Waals surface area contributed by atoms with E-state index < -0.39 is 6.10 Å². The molecule has 6 aromatic heterocycles. The summed E-state index contributed by atoms with van der Waals surface area (Å²) < 4.78 is 12.4. The van der Waals surface area contributed by atoms with Crippen LogP contribution in [0.25, 0.3) is 45.3 Å². The normalized spacial score (nSPS) is 12.0. The van der Waals surface area contributed by atoms with Crippen molar-refractivity contribution in [3.05, 3.63) is 217 Å². The maximum absolute atomic E-state index is 12.9. The molecule has 0 spiro atoms. The Bertz CT molecular complexity index is 2880. The topological polar surface area (TPSA) is 140 Å². The smallest absolute Gasteiger partial charge is 0.306 e. The minimum Gasteiger partial charge on any atom is -0.458 e. The molecule has 1 atom stereocenters. The number of nitrogens with zero attached hydrogens (tertiary/aromatic N) is 8. The zero-order valence-electron chi connectivity index (χ0n) is 41.8. The fourth-order valence-corrected chi connectivity index (χ4v) is 7.57. The van der Waals surface area contributed by atoms with Crippen LogP contribution in [-0.4, -0.2) is 60.9 Å². The number of rotatable bonds is 13. The molecule has 1 unspecified atom stereocenters. The van der Waals surface area contributed by atoms with E-state index in [1.54, 1.807) is 43.2 Å². The third kappa shape index (κ3) is 17.0. The fourth-order valence-electron chi connectivity index (χ4n) is 7.57. The van der Waals surface area contributed by atoms with E-state index >= 15 is 0 Å². The van der Waals surface area contributed by atoms with Gasteiger partial charge in [-0.1, -0.05) is 61.5 Å². The van der Waals surface area contributed by atoms with Crippen LogP contribution in [0.2, 0.25) is 0 Å². The summed E-state index contributed by atoms with van der Waals surface area (Å²) in [6, 6.07) is 49.3. The zero-order chi connectivity index (χ0) is 50.9. The number of carbonyl (C=O) groups excluding carboxylic acids is 1. The quantitative estimate of drug-likeness (QED) is 0.0472. The molecule has 0 amide bonds. The molecule has 0 fully saturated rings. The van der Waals surface area contributed by atoms with Gasteiger partial charge in [0.15, 0.2) is 0 Å². The van der Waals surface area contributed by atoms with E-state index in [0.29, 0.717) is 41.2 Å². The number of hydrogen-bond donors (Lipinski definition) is 0. The number of alkyl halides is 1. The molecule has 0 radical (unpaired) electrons. The number of anilines is 1. The first-order valence-corrected chi connectivity index (χ1v) is 24.5. The number of esters is 1. The molecule has 2 aromatic carbocycles. The van der Waals surface area contributed by atoms with Gasteiger partial charge in [-0.25, -0.2) is 0 Å². The summed E-state index contributed by atoms with van der Waals surface area (Å²) in [5.74, 6) is 1.46. The molecular weight excluding hydrogens is 1020 g/mol. The van der Waals surface area contributed by atoms with Crippen LogP contribution in [0.3, 0.4) is 0 Å². The monoisotopic (exact) mass is 1080 g/mol. The standard InChI is InChI=1S/C38H38N4O3.2C10H8N2.C2H5Cl.Ru/c1-5-42(6-2)30-15-16-31-32(27(4)44-38(43)14-10-13-28-11-8-7-9-12-28)24-37(45-36(31)23-30)33(25-39)29-18-20-41-35(22-29)34-21-26(3)17-19-40-34;2*1-3-7-11-9(5-1)10-6-2-4-8-12-10;1-2-3;/h7-9,11-12,15-24,27H,5-6,10,13-14H2,1-4H3;2*1-8H;2H2,1H3;/b37-33-;;;;. The minimum atomic E-state index is -0.560. The first-order chi connectivity index (χ1) is 35.2. The minimum absolute atomic E-state index is 0. The number of fused-ring (bicyclic) bond motifs is 1. The summed E-state index contributed by atoms with van der Waals surface area (Å²) in [6.45, 7) is 11.7. The van der Waals surface area contributed by atoms with Gasteiger partial charge < -0.3 is 14.4 Å². The number of aromatic nitrogens is 6. The molecule has 0 bridgehead atoms. The molecule has 9 rings (SSSR count). The van der Waals surface area contributed by atoms with Gasteiger partial charge in [0.1, 0.15) is 29.3 Å². The van der Waals surface area contributed by atoms with Crippen LogP contribution in [0.1, 0.15) is 62.8 Å². The summed E-state index contributed by atoms with van der Waals surface area (Å²) in [4.78, 5) is 40.9. The number of nitriles is 1. The molecule has 0 aliphatic carbocycles. The molecule has 1 aliphatic heterocycles. The third-order valence-electron chi connectivity index (χ3n) is 11.1. The van der Waals surface area contributed by atoms with Gasteiger partial charge in [0.2, 0.25) is 0 Å². The molecular formula is C60H59ClN8O3Ru. The Kier molecular flexibility index (Phi) is 23.3. The number of pyridine rings is 6. The molecule has 0 saturated heterocycles. The maximum Gasteiger partial charge on any atom is 0.306 e.